The van der Waals surface area contributed by atoms with Crippen molar-refractivity contribution in [1.82, 2.24) is 0 Å². The highest BCUT2D eigenvalue weighted by Crippen LogP contribution is 2.32. The van der Waals surface area contributed by atoms with Crippen molar-refractivity contribution in [1.29, 1.82) is 0 Å². The van der Waals surface area contributed by atoms with Gasteiger partial charge in [0.05, 0.1) is 6.61 Å². The van der Waals surface area contributed by atoms with Gasteiger partial charge in [0.2, 0.25) is 5.12 Å². The van der Waals surface area contributed by atoms with Crippen LogP contribution >= 0.6 is 11.8 Å². The maximum Gasteiger partial charge on any atom is 0.331 e. The van der Waals surface area contributed by atoms with Gasteiger partial charge in [0, 0.05) is 11.3 Å². The number of ether oxygens (including phenoxy) is 1. The maximum absolute atomic E-state index is 11.2. The minimum Gasteiger partial charge on any atom is -0.464 e. The smallest absolute Gasteiger partial charge is 0.331 e. The summed E-state index contributed by atoms with van der Waals surface area (Å²) in [5.41, 5.74) is 2.87. The summed E-state index contributed by atoms with van der Waals surface area (Å²) in [6, 6.07) is 7.92. The van der Waals surface area contributed by atoms with Gasteiger partial charge in [0.1, 0.15) is 6.61 Å². The number of benzene rings is 1. The molecule has 108 valence electrons. The lowest BCUT2D eigenvalue weighted by atomic mass is 10.0. The Morgan fingerprint density at radius 3 is 2.80 bits per heavy atom. The van der Waals surface area contributed by atoms with Crippen molar-refractivity contribution in [2.75, 3.05) is 13.2 Å². The Bertz CT molecular complexity index is 496. The van der Waals surface area contributed by atoms with Gasteiger partial charge in [-0.3, -0.25) is 4.79 Å². The van der Waals surface area contributed by atoms with Gasteiger partial charge in [-0.05, 0) is 17.5 Å². The Morgan fingerprint density at radius 2 is 2.15 bits per heavy atom. The lowest BCUT2D eigenvalue weighted by Gasteiger charge is -2.15. The van der Waals surface area contributed by atoms with Crippen LogP contribution < -0.4 is 0 Å². The van der Waals surface area contributed by atoms with Crippen molar-refractivity contribution < 1.29 is 19.4 Å². The molecule has 0 radical (unpaired) electrons. The number of aliphatic hydroxyl groups is 1. The minimum absolute atomic E-state index is 0.105. The molecule has 1 aromatic carbocycles. The first-order valence-corrected chi connectivity index (χ1v) is 7.29. The van der Waals surface area contributed by atoms with Crippen LogP contribution in [0.1, 0.15) is 24.5 Å². The van der Waals surface area contributed by atoms with Gasteiger partial charge in [-0.15, -0.1) is 0 Å². The van der Waals surface area contributed by atoms with Crippen LogP contribution in [0.2, 0.25) is 0 Å². The molecule has 1 aliphatic rings. The van der Waals surface area contributed by atoms with Crippen LogP contribution in [0.25, 0.3) is 5.57 Å². The molecule has 0 aromatic heterocycles. The number of fused-ring (bicyclic) bond motifs is 1. The zero-order valence-corrected chi connectivity index (χ0v) is 12.2. The molecule has 0 aliphatic carbocycles. The minimum atomic E-state index is -0.549. The van der Waals surface area contributed by atoms with E-state index >= 15 is 0 Å². The summed E-state index contributed by atoms with van der Waals surface area (Å²) >= 11 is 1.33. The number of hydrogen-bond acceptors (Lipinski definition) is 5. The van der Waals surface area contributed by atoms with E-state index in [1.165, 1.54) is 17.3 Å². The number of carbonyl (C=O) groups excluding carboxylic acids is 2. The topological polar surface area (TPSA) is 63.6 Å². The first kappa shape index (κ1) is 16.5. The van der Waals surface area contributed by atoms with Gasteiger partial charge in [0.25, 0.3) is 0 Å². The summed E-state index contributed by atoms with van der Waals surface area (Å²) in [7, 11) is 0. The van der Waals surface area contributed by atoms with Gasteiger partial charge in [-0.2, -0.15) is 0 Å². The largest absolute Gasteiger partial charge is 0.464 e. The molecule has 5 heteroatoms. The molecule has 0 saturated carbocycles. The fourth-order valence-electron chi connectivity index (χ4n) is 1.54. The molecule has 0 unspecified atom stereocenters. The Labute approximate surface area is 122 Å². The second-order valence-corrected chi connectivity index (χ2v) is 5.04. The molecular formula is C15H18O4S. The Morgan fingerprint density at radius 1 is 1.45 bits per heavy atom. The fraction of sp³-hybridized carbons (Fsp3) is 0.333. The number of aliphatic hydroxyl groups excluding tert-OH is 1. The van der Waals surface area contributed by atoms with E-state index in [1.54, 1.807) is 0 Å². The van der Waals surface area contributed by atoms with Crippen LogP contribution in [0.3, 0.4) is 0 Å². The molecule has 0 atom stereocenters. The van der Waals surface area contributed by atoms with Crippen molar-refractivity contribution in [3.63, 3.8) is 0 Å². The number of thioether (sulfide) groups is 1. The Kier molecular flexibility index (Phi) is 7.04. The summed E-state index contributed by atoms with van der Waals surface area (Å²) < 4.78 is 4.45. The predicted molar refractivity (Wildman–Crippen MR) is 80.1 cm³/mol. The normalized spacial score (nSPS) is 13.1. The van der Waals surface area contributed by atoms with Gasteiger partial charge in [0.15, 0.2) is 0 Å². The van der Waals surface area contributed by atoms with Crippen LogP contribution in [0.5, 0.6) is 0 Å². The third kappa shape index (κ3) is 4.83. The lowest BCUT2D eigenvalue weighted by Crippen LogP contribution is -2.08. The standard InChI is InChI=1S/C10H8OS.C5H10O3/c1-7-9-5-3-2-4-8(9)6-12-10(7)11;1-2-3-8-5(7)4-6/h2-5H,1,6H2;6H,2-4H2,1H3. The summed E-state index contributed by atoms with van der Waals surface area (Å²) in [5.74, 6) is 0.237. The highest BCUT2D eigenvalue weighted by molar-refractivity contribution is 8.14. The van der Waals surface area contributed by atoms with Gasteiger partial charge in [-0.25, -0.2) is 4.79 Å². The summed E-state index contributed by atoms with van der Waals surface area (Å²) in [4.78, 5) is 21.3. The molecular weight excluding hydrogens is 276 g/mol. The van der Waals surface area contributed by atoms with Crippen molar-refractivity contribution >= 4 is 28.4 Å². The van der Waals surface area contributed by atoms with E-state index < -0.39 is 12.6 Å². The van der Waals surface area contributed by atoms with E-state index in [9.17, 15) is 9.59 Å². The molecule has 0 bridgehead atoms. The summed E-state index contributed by atoms with van der Waals surface area (Å²) in [6.07, 6.45) is 0.797. The van der Waals surface area contributed by atoms with Crippen molar-refractivity contribution in [3.05, 3.63) is 42.0 Å². The predicted octanol–water partition coefficient (Wildman–Crippen LogP) is 2.41. The molecule has 1 N–H and O–H groups in total. The molecule has 0 fully saturated rings. The van der Waals surface area contributed by atoms with E-state index in [1.807, 2.05) is 31.2 Å². The lowest BCUT2D eigenvalue weighted by molar-refractivity contribution is -0.146. The van der Waals surface area contributed by atoms with Crippen molar-refractivity contribution in [2.45, 2.75) is 19.1 Å². The van der Waals surface area contributed by atoms with Crippen LogP contribution in [-0.2, 0) is 20.1 Å². The monoisotopic (exact) mass is 294 g/mol. The number of rotatable bonds is 3. The van der Waals surface area contributed by atoms with Crippen LogP contribution in [-0.4, -0.2) is 29.4 Å². The molecule has 1 aromatic rings. The summed E-state index contributed by atoms with van der Waals surface area (Å²) in [6.45, 7) is 5.55. The molecule has 0 spiro atoms. The zero-order chi connectivity index (χ0) is 15.0. The maximum atomic E-state index is 11.2. The summed E-state index contributed by atoms with van der Waals surface area (Å²) in [5, 5.41) is 8.19. The van der Waals surface area contributed by atoms with Crippen LogP contribution in [0, 0.1) is 0 Å². The first-order valence-electron chi connectivity index (χ1n) is 6.31. The first-order chi connectivity index (χ1) is 9.60. The molecule has 2 rings (SSSR count). The van der Waals surface area contributed by atoms with Crippen molar-refractivity contribution in [3.8, 4) is 0 Å². The Hall–Kier alpha value is -1.59. The number of hydrogen-bond donors (Lipinski definition) is 1. The van der Waals surface area contributed by atoms with Gasteiger partial charge >= 0.3 is 5.97 Å². The quantitative estimate of drug-likeness (QED) is 0.685. The number of carbonyl (C=O) groups is 2. The van der Waals surface area contributed by atoms with E-state index in [2.05, 4.69) is 11.3 Å². The zero-order valence-electron chi connectivity index (χ0n) is 11.4. The second kappa shape index (κ2) is 8.55. The number of esters is 1. The molecule has 0 saturated heterocycles. The van der Waals surface area contributed by atoms with Crippen molar-refractivity contribution in [2.24, 2.45) is 0 Å². The molecule has 4 nitrogen and oxygen atoms in total. The molecule has 1 heterocycles. The highest BCUT2D eigenvalue weighted by Gasteiger charge is 2.19. The van der Waals surface area contributed by atoms with E-state index in [0.717, 1.165) is 17.7 Å². The average molecular weight is 294 g/mol. The molecule has 20 heavy (non-hydrogen) atoms. The van der Waals surface area contributed by atoms with E-state index in [-0.39, 0.29) is 5.12 Å². The molecule has 0 amide bonds. The van der Waals surface area contributed by atoms with E-state index in [4.69, 9.17) is 5.11 Å². The molecule has 1 aliphatic heterocycles. The SMILES string of the molecule is C=C1C(=O)SCc2ccccc21.CCCOC(=O)CO. The highest BCUT2D eigenvalue weighted by atomic mass is 32.2. The van der Waals surface area contributed by atoms with Gasteiger partial charge in [-0.1, -0.05) is 49.5 Å². The van der Waals surface area contributed by atoms with Crippen LogP contribution in [0.4, 0.5) is 0 Å². The fourth-order valence-corrected chi connectivity index (χ4v) is 2.36. The van der Waals surface area contributed by atoms with Crippen LogP contribution in [0.15, 0.2) is 30.8 Å². The second-order valence-electron chi connectivity index (χ2n) is 4.09. The third-order valence-electron chi connectivity index (χ3n) is 2.54. The average Bonchev–Trinajstić information content (AvgIpc) is 2.49. The third-order valence-corrected chi connectivity index (χ3v) is 3.51. The Balaban J connectivity index is 0.000000221. The van der Waals surface area contributed by atoms with Gasteiger partial charge < -0.3 is 9.84 Å². The van der Waals surface area contributed by atoms with E-state index in [0.29, 0.717) is 12.2 Å².